The molecule has 0 saturated heterocycles. The molecule has 0 radical (unpaired) electrons. The topological polar surface area (TPSA) is 84.9 Å². The summed E-state index contributed by atoms with van der Waals surface area (Å²) in [5.41, 5.74) is 0.870. The van der Waals surface area contributed by atoms with Crippen molar-refractivity contribution < 1.29 is 22.7 Å². The van der Waals surface area contributed by atoms with Crippen LogP contribution in [0.2, 0.25) is 5.02 Å². The number of rotatable bonds is 5. The second kappa shape index (κ2) is 7.66. The molecule has 1 aliphatic rings. The van der Waals surface area contributed by atoms with E-state index in [1.807, 2.05) is 6.92 Å². The number of ether oxygens (including phenoxy) is 2. The number of halogens is 1. The van der Waals surface area contributed by atoms with Crippen molar-refractivity contribution in [1.29, 1.82) is 0 Å². The number of hydrogen-bond acceptors (Lipinski definition) is 5. The van der Waals surface area contributed by atoms with Crippen molar-refractivity contribution >= 4 is 38.9 Å². The highest BCUT2D eigenvalue weighted by Crippen LogP contribution is 2.37. The van der Waals surface area contributed by atoms with Crippen molar-refractivity contribution in [3.63, 3.8) is 0 Å². The summed E-state index contributed by atoms with van der Waals surface area (Å²) in [7, 11) is -3.61. The van der Waals surface area contributed by atoms with E-state index in [4.69, 9.17) is 21.1 Å². The normalized spacial score (nSPS) is 16.3. The highest BCUT2D eigenvalue weighted by molar-refractivity contribution is 7.92. The number of anilines is 2. The molecule has 1 amide bonds. The van der Waals surface area contributed by atoms with Crippen LogP contribution in [0.25, 0.3) is 0 Å². The highest BCUT2D eigenvalue weighted by atomic mass is 35.5. The maximum atomic E-state index is 12.6. The minimum Gasteiger partial charge on any atom is -0.494 e. The van der Waals surface area contributed by atoms with Gasteiger partial charge in [0, 0.05) is 10.7 Å². The van der Waals surface area contributed by atoms with Gasteiger partial charge < -0.3 is 14.8 Å². The van der Waals surface area contributed by atoms with Gasteiger partial charge in [-0.15, -0.1) is 0 Å². The fraction of sp³-hybridized carbons (Fsp3) is 0.278. The van der Waals surface area contributed by atoms with Crippen LogP contribution in [0.1, 0.15) is 6.92 Å². The number of carbonyl (C=O) groups excluding carboxylic acids is 1. The average molecular weight is 411 g/mol. The first-order chi connectivity index (χ1) is 12.8. The summed E-state index contributed by atoms with van der Waals surface area (Å²) in [6.45, 7) is 2.29. The zero-order valence-electron chi connectivity index (χ0n) is 14.8. The molecule has 3 rings (SSSR count). The molecule has 9 heteroatoms. The van der Waals surface area contributed by atoms with E-state index in [2.05, 4.69) is 5.32 Å². The molecule has 0 bridgehead atoms. The van der Waals surface area contributed by atoms with Crippen molar-refractivity contribution in [2.45, 2.75) is 13.0 Å². The van der Waals surface area contributed by atoms with Crippen LogP contribution in [0, 0.1) is 0 Å². The SMILES string of the molecule is CCOc1ccc(NC(=O)[C@@H]2CN(S(C)(=O)=O)c3cc(Cl)ccc3O2)cc1. The summed E-state index contributed by atoms with van der Waals surface area (Å²) in [6.07, 6.45) is 0.0738. The minimum atomic E-state index is -3.61. The van der Waals surface area contributed by atoms with Crippen LogP contribution in [0.4, 0.5) is 11.4 Å². The Morgan fingerprint density at radius 3 is 2.63 bits per heavy atom. The van der Waals surface area contributed by atoms with Gasteiger partial charge in [-0.05, 0) is 49.4 Å². The summed E-state index contributed by atoms with van der Waals surface area (Å²) in [5, 5.41) is 3.11. The van der Waals surface area contributed by atoms with Gasteiger partial charge in [-0.1, -0.05) is 11.6 Å². The van der Waals surface area contributed by atoms with E-state index in [9.17, 15) is 13.2 Å². The fourth-order valence-electron chi connectivity index (χ4n) is 2.70. The molecule has 2 aromatic carbocycles. The van der Waals surface area contributed by atoms with Crippen LogP contribution < -0.4 is 19.1 Å². The Labute approximate surface area is 162 Å². The molecule has 0 aliphatic carbocycles. The molecule has 1 aliphatic heterocycles. The maximum absolute atomic E-state index is 12.6. The lowest BCUT2D eigenvalue weighted by Crippen LogP contribution is -2.48. The quantitative estimate of drug-likeness (QED) is 0.819. The number of sulfonamides is 1. The van der Waals surface area contributed by atoms with Gasteiger partial charge >= 0.3 is 0 Å². The molecular weight excluding hydrogens is 392 g/mol. The number of amides is 1. The third-order valence-corrected chi connectivity index (χ3v) is 5.30. The zero-order valence-corrected chi connectivity index (χ0v) is 16.4. The predicted molar refractivity (Wildman–Crippen MR) is 104 cm³/mol. The molecule has 2 aromatic rings. The lowest BCUT2D eigenvalue weighted by atomic mass is 10.2. The molecule has 1 atom stereocenters. The third-order valence-electron chi connectivity index (χ3n) is 3.92. The standard InChI is InChI=1S/C18H19ClN2O5S/c1-3-25-14-7-5-13(6-8-14)20-18(22)17-11-21(27(2,23)24)15-10-12(19)4-9-16(15)26-17/h4-10,17H,3,11H2,1-2H3,(H,20,22)/t17-/m0/s1. The molecule has 144 valence electrons. The number of nitrogens with zero attached hydrogens (tertiary/aromatic N) is 1. The molecule has 0 spiro atoms. The second-order valence-electron chi connectivity index (χ2n) is 5.96. The van der Waals surface area contributed by atoms with Gasteiger partial charge in [0.25, 0.3) is 5.91 Å². The molecule has 1 N–H and O–H groups in total. The van der Waals surface area contributed by atoms with Crippen molar-refractivity contribution in [2.24, 2.45) is 0 Å². The van der Waals surface area contributed by atoms with Gasteiger partial charge in [-0.2, -0.15) is 0 Å². The molecule has 0 aromatic heterocycles. The predicted octanol–water partition coefficient (Wildman–Crippen LogP) is 2.90. The van der Waals surface area contributed by atoms with Gasteiger partial charge in [-0.25, -0.2) is 8.42 Å². The summed E-state index contributed by atoms with van der Waals surface area (Å²) in [6, 6.07) is 11.5. The van der Waals surface area contributed by atoms with E-state index in [1.54, 1.807) is 36.4 Å². The number of hydrogen-bond donors (Lipinski definition) is 1. The Balaban J connectivity index is 1.80. The van der Waals surface area contributed by atoms with Crippen molar-refractivity contribution in [1.82, 2.24) is 0 Å². The number of carbonyl (C=O) groups is 1. The molecule has 27 heavy (non-hydrogen) atoms. The Morgan fingerprint density at radius 1 is 1.30 bits per heavy atom. The van der Waals surface area contributed by atoms with E-state index < -0.39 is 22.0 Å². The molecule has 1 heterocycles. The Hall–Kier alpha value is -2.45. The van der Waals surface area contributed by atoms with Crippen LogP contribution in [0.5, 0.6) is 11.5 Å². The van der Waals surface area contributed by atoms with Crippen LogP contribution in [-0.4, -0.2) is 39.8 Å². The number of benzene rings is 2. The van der Waals surface area contributed by atoms with Crippen LogP contribution >= 0.6 is 11.6 Å². The minimum absolute atomic E-state index is 0.144. The van der Waals surface area contributed by atoms with E-state index in [1.165, 1.54) is 6.07 Å². The fourth-order valence-corrected chi connectivity index (χ4v) is 3.77. The first-order valence-electron chi connectivity index (χ1n) is 8.25. The smallest absolute Gasteiger partial charge is 0.267 e. The monoisotopic (exact) mass is 410 g/mol. The lowest BCUT2D eigenvalue weighted by Gasteiger charge is -2.34. The van der Waals surface area contributed by atoms with Crippen LogP contribution in [0.3, 0.4) is 0 Å². The first-order valence-corrected chi connectivity index (χ1v) is 10.5. The van der Waals surface area contributed by atoms with E-state index in [0.717, 1.165) is 10.6 Å². The zero-order chi connectivity index (χ0) is 19.6. The van der Waals surface area contributed by atoms with Gasteiger partial charge in [0.2, 0.25) is 10.0 Å². The molecule has 0 unspecified atom stereocenters. The Morgan fingerprint density at radius 2 is 2.00 bits per heavy atom. The van der Waals surface area contributed by atoms with E-state index >= 15 is 0 Å². The lowest BCUT2D eigenvalue weighted by molar-refractivity contribution is -0.122. The highest BCUT2D eigenvalue weighted by Gasteiger charge is 2.35. The third kappa shape index (κ3) is 4.45. The molecule has 0 saturated carbocycles. The van der Waals surface area contributed by atoms with Gasteiger partial charge in [0.15, 0.2) is 6.10 Å². The van der Waals surface area contributed by atoms with Gasteiger partial charge in [-0.3, -0.25) is 9.10 Å². The van der Waals surface area contributed by atoms with E-state index in [0.29, 0.717) is 28.8 Å². The average Bonchev–Trinajstić information content (AvgIpc) is 2.61. The summed E-state index contributed by atoms with van der Waals surface area (Å²) in [4.78, 5) is 12.6. The number of fused-ring (bicyclic) bond motifs is 1. The van der Waals surface area contributed by atoms with Crippen LogP contribution in [-0.2, 0) is 14.8 Å². The molecule has 0 fully saturated rings. The van der Waals surface area contributed by atoms with E-state index in [-0.39, 0.29) is 12.3 Å². The van der Waals surface area contributed by atoms with Crippen molar-refractivity contribution in [2.75, 3.05) is 29.0 Å². The van der Waals surface area contributed by atoms with Crippen LogP contribution in [0.15, 0.2) is 42.5 Å². The van der Waals surface area contributed by atoms with Gasteiger partial charge in [0.1, 0.15) is 11.5 Å². The Bertz CT molecular complexity index is 947. The molecular formula is C18H19ClN2O5S. The van der Waals surface area contributed by atoms with Crippen molar-refractivity contribution in [3.8, 4) is 11.5 Å². The summed E-state index contributed by atoms with van der Waals surface area (Å²) in [5.74, 6) is 0.523. The molecule has 7 nitrogen and oxygen atoms in total. The first kappa shape index (κ1) is 19.3. The Kier molecular flexibility index (Phi) is 5.48. The second-order valence-corrected chi connectivity index (χ2v) is 8.30. The number of nitrogens with one attached hydrogen (secondary N) is 1. The summed E-state index contributed by atoms with van der Waals surface area (Å²) < 4.78 is 36.5. The maximum Gasteiger partial charge on any atom is 0.267 e. The van der Waals surface area contributed by atoms with Crippen molar-refractivity contribution in [3.05, 3.63) is 47.5 Å². The summed E-state index contributed by atoms with van der Waals surface area (Å²) >= 11 is 5.97. The largest absolute Gasteiger partial charge is 0.494 e. The van der Waals surface area contributed by atoms with Gasteiger partial charge in [0.05, 0.1) is 25.1 Å².